The van der Waals surface area contributed by atoms with Gasteiger partial charge in [0.25, 0.3) is 5.56 Å². The maximum absolute atomic E-state index is 13.2. The van der Waals surface area contributed by atoms with Crippen LogP contribution >= 0.6 is 23.2 Å². The minimum atomic E-state index is -0.0397. The van der Waals surface area contributed by atoms with Crippen molar-refractivity contribution in [2.24, 2.45) is 5.92 Å². The summed E-state index contributed by atoms with van der Waals surface area (Å²) in [5.74, 6) is 1.42. The summed E-state index contributed by atoms with van der Waals surface area (Å²) < 4.78 is 1.81. The zero-order valence-electron chi connectivity index (χ0n) is 17.2. The predicted octanol–water partition coefficient (Wildman–Crippen LogP) is 4.45. The largest absolute Gasteiger partial charge is 0.305 e. The molecule has 3 rings (SSSR count). The van der Waals surface area contributed by atoms with Crippen LogP contribution in [0.25, 0.3) is 10.9 Å². The third kappa shape index (κ3) is 4.38. The molecule has 0 N–H and O–H groups in total. The lowest BCUT2D eigenvalue weighted by atomic mass is 10.1. The van der Waals surface area contributed by atoms with Gasteiger partial charge in [0.15, 0.2) is 0 Å². The van der Waals surface area contributed by atoms with Crippen LogP contribution in [-0.4, -0.2) is 52.6 Å². The number of hydrogen-bond donors (Lipinski definition) is 0. The Morgan fingerprint density at radius 1 is 1.18 bits per heavy atom. The van der Waals surface area contributed by atoms with Crippen LogP contribution in [-0.2, 0) is 6.54 Å². The third-order valence-electron chi connectivity index (χ3n) is 5.58. The number of benzene rings is 1. The highest BCUT2D eigenvalue weighted by molar-refractivity contribution is 6.42. The fraction of sp³-hybridized carbons (Fsp3) is 0.619. The predicted molar refractivity (Wildman–Crippen MR) is 118 cm³/mol. The van der Waals surface area contributed by atoms with E-state index in [4.69, 9.17) is 28.2 Å². The summed E-state index contributed by atoms with van der Waals surface area (Å²) >= 11 is 12.4. The van der Waals surface area contributed by atoms with Gasteiger partial charge in [0.05, 0.1) is 27.0 Å². The second-order valence-electron chi connectivity index (χ2n) is 7.97. The van der Waals surface area contributed by atoms with Gasteiger partial charge in [0.1, 0.15) is 5.82 Å². The van der Waals surface area contributed by atoms with Crippen molar-refractivity contribution < 1.29 is 0 Å². The minimum absolute atomic E-state index is 0.0397. The van der Waals surface area contributed by atoms with E-state index < -0.39 is 0 Å². The lowest BCUT2D eigenvalue weighted by molar-refractivity contribution is 0.167. The molecule has 28 heavy (non-hydrogen) atoms. The zero-order valence-corrected chi connectivity index (χ0v) is 18.7. The summed E-state index contributed by atoms with van der Waals surface area (Å²) in [6.07, 6.45) is 2.00. The Bertz CT molecular complexity index is 898. The Morgan fingerprint density at radius 2 is 1.89 bits per heavy atom. The van der Waals surface area contributed by atoms with Crippen LogP contribution in [0, 0.1) is 5.92 Å². The second kappa shape index (κ2) is 9.12. The fourth-order valence-electron chi connectivity index (χ4n) is 4.30. The maximum Gasteiger partial charge on any atom is 0.261 e. The highest BCUT2D eigenvalue weighted by Gasteiger charge is 2.28. The Labute approximate surface area is 177 Å². The standard InChI is InChI=1S/C21H30Cl2N4O/c1-5-7-19(26-9-8-25(4)12-14(3)13-26)20-24-18-11-17(23)16(22)10-15(18)21(28)27(20)6-2/h10-11,14,19H,5-9,12-13H2,1-4H3/t14-,19+/m1/s1. The van der Waals surface area contributed by atoms with Crippen LogP contribution in [0.2, 0.25) is 10.0 Å². The molecule has 2 heterocycles. The fourth-order valence-corrected chi connectivity index (χ4v) is 4.62. The molecule has 1 saturated heterocycles. The van der Waals surface area contributed by atoms with E-state index in [0.29, 0.717) is 33.4 Å². The van der Waals surface area contributed by atoms with E-state index in [2.05, 4.69) is 30.7 Å². The van der Waals surface area contributed by atoms with Crippen LogP contribution in [0.3, 0.4) is 0 Å². The number of aromatic nitrogens is 2. The Kier molecular flexibility index (Phi) is 7.02. The molecule has 1 aliphatic heterocycles. The first-order valence-corrected chi connectivity index (χ1v) is 10.9. The summed E-state index contributed by atoms with van der Waals surface area (Å²) in [6, 6.07) is 3.47. The summed E-state index contributed by atoms with van der Waals surface area (Å²) in [7, 11) is 2.18. The van der Waals surface area contributed by atoms with E-state index in [1.807, 2.05) is 11.5 Å². The van der Waals surface area contributed by atoms with Gasteiger partial charge in [0, 0.05) is 32.7 Å². The number of halogens is 2. The first-order valence-electron chi connectivity index (χ1n) is 10.2. The lowest BCUT2D eigenvalue weighted by Crippen LogP contribution is -2.38. The topological polar surface area (TPSA) is 41.4 Å². The molecule has 2 aromatic rings. The third-order valence-corrected chi connectivity index (χ3v) is 6.30. The molecule has 0 unspecified atom stereocenters. The molecular formula is C21H30Cl2N4O. The monoisotopic (exact) mass is 424 g/mol. The van der Waals surface area contributed by atoms with Gasteiger partial charge in [-0.1, -0.05) is 43.5 Å². The SMILES string of the molecule is CCC[C@@H](c1nc2cc(Cl)c(Cl)cc2c(=O)n1CC)N1CCN(C)C[C@@H](C)C1. The van der Waals surface area contributed by atoms with E-state index in [9.17, 15) is 4.79 Å². The van der Waals surface area contributed by atoms with Crippen LogP contribution in [0.1, 0.15) is 45.5 Å². The smallest absolute Gasteiger partial charge is 0.261 e. The van der Waals surface area contributed by atoms with Gasteiger partial charge < -0.3 is 4.90 Å². The van der Waals surface area contributed by atoms with Crippen LogP contribution in [0.15, 0.2) is 16.9 Å². The first-order chi connectivity index (χ1) is 13.3. The van der Waals surface area contributed by atoms with Gasteiger partial charge in [-0.15, -0.1) is 0 Å². The van der Waals surface area contributed by atoms with Gasteiger partial charge in [-0.25, -0.2) is 4.98 Å². The van der Waals surface area contributed by atoms with Crippen molar-refractivity contribution in [1.82, 2.24) is 19.4 Å². The normalized spacial score (nSPS) is 20.4. The number of rotatable bonds is 5. The molecule has 0 saturated carbocycles. The molecule has 0 bridgehead atoms. The van der Waals surface area contributed by atoms with Crippen molar-refractivity contribution in [2.75, 3.05) is 33.2 Å². The number of fused-ring (bicyclic) bond motifs is 1. The zero-order chi connectivity index (χ0) is 20.4. The summed E-state index contributed by atoms with van der Waals surface area (Å²) in [6.45, 7) is 11.2. The summed E-state index contributed by atoms with van der Waals surface area (Å²) in [5, 5.41) is 1.34. The minimum Gasteiger partial charge on any atom is -0.305 e. The molecule has 1 aromatic heterocycles. The van der Waals surface area contributed by atoms with Gasteiger partial charge in [-0.2, -0.15) is 0 Å². The molecule has 0 spiro atoms. The van der Waals surface area contributed by atoms with Crippen molar-refractivity contribution in [2.45, 2.75) is 46.2 Å². The molecule has 1 aliphatic rings. The molecule has 1 aromatic carbocycles. The van der Waals surface area contributed by atoms with E-state index >= 15 is 0 Å². The van der Waals surface area contributed by atoms with E-state index in [-0.39, 0.29) is 11.6 Å². The van der Waals surface area contributed by atoms with Gasteiger partial charge >= 0.3 is 0 Å². The number of likely N-dealkylation sites (N-methyl/N-ethyl adjacent to an activating group) is 1. The highest BCUT2D eigenvalue weighted by Crippen LogP contribution is 2.30. The molecule has 7 heteroatoms. The highest BCUT2D eigenvalue weighted by atomic mass is 35.5. The molecule has 0 aliphatic carbocycles. The Balaban J connectivity index is 2.14. The quantitative estimate of drug-likeness (QED) is 0.710. The van der Waals surface area contributed by atoms with Crippen molar-refractivity contribution in [3.63, 3.8) is 0 Å². The van der Waals surface area contributed by atoms with E-state index in [0.717, 1.165) is 44.8 Å². The maximum atomic E-state index is 13.2. The van der Waals surface area contributed by atoms with E-state index in [1.165, 1.54) is 0 Å². The van der Waals surface area contributed by atoms with Crippen molar-refractivity contribution in [3.05, 3.63) is 38.4 Å². The Morgan fingerprint density at radius 3 is 2.57 bits per heavy atom. The van der Waals surface area contributed by atoms with E-state index in [1.54, 1.807) is 12.1 Å². The van der Waals surface area contributed by atoms with Crippen LogP contribution in [0.4, 0.5) is 0 Å². The van der Waals surface area contributed by atoms with Crippen molar-refractivity contribution in [1.29, 1.82) is 0 Å². The summed E-state index contributed by atoms with van der Waals surface area (Å²) in [5.41, 5.74) is 0.586. The first kappa shape index (κ1) is 21.6. The molecule has 0 amide bonds. The van der Waals surface area contributed by atoms with Crippen molar-refractivity contribution >= 4 is 34.1 Å². The average Bonchev–Trinajstić information content (AvgIpc) is 2.81. The van der Waals surface area contributed by atoms with Gasteiger partial charge in [-0.05, 0) is 38.4 Å². The molecule has 0 radical (unpaired) electrons. The number of nitrogens with zero attached hydrogens (tertiary/aromatic N) is 4. The second-order valence-corrected chi connectivity index (χ2v) is 8.78. The molecule has 5 nitrogen and oxygen atoms in total. The van der Waals surface area contributed by atoms with Crippen molar-refractivity contribution in [3.8, 4) is 0 Å². The van der Waals surface area contributed by atoms with Gasteiger partial charge in [0.2, 0.25) is 0 Å². The molecule has 1 fully saturated rings. The van der Waals surface area contributed by atoms with Crippen LogP contribution in [0.5, 0.6) is 0 Å². The number of hydrogen-bond acceptors (Lipinski definition) is 4. The molecular weight excluding hydrogens is 395 g/mol. The lowest BCUT2D eigenvalue weighted by Gasteiger charge is -2.32. The van der Waals surface area contributed by atoms with Gasteiger partial charge in [-0.3, -0.25) is 14.3 Å². The average molecular weight is 425 g/mol. The molecule has 154 valence electrons. The Hall–Kier alpha value is -1.14. The molecule has 2 atom stereocenters. The summed E-state index contributed by atoms with van der Waals surface area (Å²) in [4.78, 5) is 23.1. The van der Waals surface area contributed by atoms with Crippen LogP contribution < -0.4 is 5.56 Å².